The van der Waals surface area contributed by atoms with E-state index in [2.05, 4.69) is 16.4 Å². The quantitative estimate of drug-likeness (QED) is 0.618. The molecule has 1 amide bonds. The highest BCUT2D eigenvalue weighted by molar-refractivity contribution is 5.86. The number of carbonyl (C=O) groups excluding carboxylic acids is 1. The number of amides is 1. The molecule has 2 aromatic carbocycles. The fourth-order valence-electron chi connectivity index (χ4n) is 3.62. The van der Waals surface area contributed by atoms with Gasteiger partial charge in [0.25, 0.3) is 0 Å². The van der Waals surface area contributed by atoms with Crippen molar-refractivity contribution in [1.82, 2.24) is 10.3 Å². The summed E-state index contributed by atoms with van der Waals surface area (Å²) in [5.74, 6) is 1.36. The highest BCUT2D eigenvalue weighted by Gasteiger charge is 2.23. The molecule has 146 valence electrons. The fraction of sp³-hybridized carbons (Fsp3) is 0.318. The highest BCUT2D eigenvalue weighted by atomic mass is 16.6. The van der Waals surface area contributed by atoms with Crippen LogP contribution in [0, 0.1) is 0 Å². The Bertz CT molecular complexity index is 966. The van der Waals surface area contributed by atoms with Crippen LogP contribution in [0.25, 0.3) is 10.9 Å². The molecule has 2 heterocycles. The predicted octanol–water partition coefficient (Wildman–Crippen LogP) is 3.22. The van der Waals surface area contributed by atoms with E-state index in [1.54, 1.807) is 7.11 Å². The second-order valence-corrected chi connectivity index (χ2v) is 6.79. The molecule has 28 heavy (non-hydrogen) atoms. The molecule has 0 saturated carbocycles. The molecule has 1 aliphatic heterocycles. The Balaban J connectivity index is 1.68. The minimum Gasteiger partial charge on any atom is -0.486 e. The van der Waals surface area contributed by atoms with Gasteiger partial charge in [0, 0.05) is 43.1 Å². The van der Waals surface area contributed by atoms with Gasteiger partial charge in [-0.3, -0.25) is 4.79 Å². The number of nitrogens with one attached hydrogen (secondary N) is 2. The van der Waals surface area contributed by atoms with Crippen LogP contribution in [0.4, 0.5) is 0 Å². The molecule has 0 spiro atoms. The van der Waals surface area contributed by atoms with Gasteiger partial charge in [0.15, 0.2) is 11.5 Å². The third kappa shape index (κ3) is 3.82. The van der Waals surface area contributed by atoms with Crippen molar-refractivity contribution in [3.8, 4) is 11.5 Å². The molecule has 1 unspecified atom stereocenters. The largest absolute Gasteiger partial charge is 0.486 e. The Morgan fingerprint density at radius 1 is 1.18 bits per heavy atom. The summed E-state index contributed by atoms with van der Waals surface area (Å²) in [5.41, 5.74) is 3.17. The van der Waals surface area contributed by atoms with Crippen LogP contribution in [0.15, 0.2) is 48.7 Å². The molecule has 3 aromatic rings. The summed E-state index contributed by atoms with van der Waals surface area (Å²) < 4.78 is 16.4. The third-order valence-corrected chi connectivity index (χ3v) is 4.98. The predicted molar refractivity (Wildman–Crippen MR) is 107 cm³/mol. The number of para-hydroxylation sites is 1. The van der Waals surface area contributed by atoms with E-state index in [1.807, 2.05) is 42.6 Å². The van der Waals surface area contributed by atoms with Crippen LogP contribution in [0.2, 0.25) is 0 Å². The number of hydrogen-bond acceptors (Lipinski definition) is 4. The minimum atomic E-state index is -0.102. The summed E-state index contributed by atoms with van der Waals surface area (Å²) >= 11 is 0. The summed E-state index contributed by atoms with van der Waals surface area (Å²) in [4.78, 5) is 15.9. The number of hydrogen-bond donors (Lipinski definition) is 2. The van der Waals surface area contributed by atoms with Crippen LogP contribution in [0.3, 0.4) is 0 Å². The number of benzene rings is 2. The summed E-state index contributed by atoms with van der Waals surface area (Å²) in [6, 6.07) is 14.1. The first-order chi connectivity index (χ1) is 13.8. The molecule has 2 N–H and O–H groups in total. The lowest BCUT2D eigenvalue weighted by molar-refractivity contribution is -0.121. The Morgan fingerprint density at radius 3 is 2.86 bits per heavy atom. The zero-order valence-electron chi connectivity index (χ0n) is 15.9. The van der Waals surface area contributed by atoms with Crippen LogP contribution in [-0.4, -0.2) is 44.4 Å². The monoisotopic (exact) mass is 380 g/mol. The van der Waals surface area contributed by atoms with Gasteiger partial charge in [0.1, 0.15) is 13.2 Å². The summed E-state index contributed by atoms with van der Waals surface area (Å²) in [5, 5.41) is 4.04. The van der Waals surface area contributed by atoms with Crippen LogP contribution >= 0.6 is 0 Å². The van der Waals surface area contributed by atoms with Gasteiger partial charge in [0.2, 0.25) is 5.91 Å². The van der Waals surface area contributed by atoms with Crippen LogP contribution in [-0.2, 0) is 9.53 Å². The number of carbonyl (C=O) groups is 1. The van der Waals surface area contributed by atoms with Gasteiger partial charge in [0.05, 0.1) is 6.61 Å². The van der Waals surface area contributed by atoms with E-state index in [4.69, 9.17) is 14.2 Å². The molecule has 0 fully saturated rings. The van der Waals surface area contributed by atoms with E-state index in [9.17, 15) is 4.79 Å². The van der Waals surface area contributed by atoms with Crippen LogP contribution in [0.1, 0.15) is 23.5 Å². The number of aromatic nitrogens is 1. The lowest BCUT2D eigenvalue weighted by Gasteiger charge is -2.22. The summed E-state index contributed by atoms with van der Waals surface area (Å²) in [6.07, 6.45) is 2.33. The molecule has 1 aliphatic rings. The lowest BCUT2D eigenvalue weighted by atomic mass is 9.87. The molecule has 6 heteroatoms. The van der Waals surface area contributed by atoms with Gasteiger partial charge in [-0.1, -0.05) is 24.3 Å². The van der Waals surface area contributed by atoms with Crippen molar-refractivity contribution in [2.24, 2.45) is 0 Å². The molecule has 0 bridgehead atoms. The molecular weight excluding hydrogens is 356 g/mol. The van der Waals surface area contributed by atoms with E-state index in [-0.39, 0.29) is 11.8 Å². The Morgan fingerprint density at radius 2 is 2.00 bits per heavy atom. The van der Waals surface area contributed by atoms with E-state index < -0.39 is 0 Å². The van der Waals surface area contributed by atoms with Gasteiger partial charge in [-0.15, -0.1) is 0 Å². The number of fused-ring (bicyclic) bond motifs is 2. The van der Waals surface area contributed by atoms with Crippen LogP contribution < -0.4 is 14.8 Å². The zero-order chi connectivity index (χ0) is 19.3. The number of methoxy groups -OCH3 is 1. The van der Waals surface area contributed by atoms with E-state index in [0.29, 0.717) is 32.8 Å². The van der Waals surface area contributed by atoms with E-state index >= 15 is 0 Å². The number of ether oxygens (including phenoxy) is 3. The molecule has 1 atom stereocenters. The molecule has 0 aliphatic carbocycles. The van der Waals surface area contributed by atoms with Crippen LogP contribution in [0.5, 0.6) is 11.5 Å². The topological polar surface area (TPSA) is 72.6 Å². The minimum absolute atomic E-state index is 0.0118. The molecule has 0 radical (unpaired) electrons. The van der Waals surface area contributed by atoms with E-state index in [0.717, 1.165) is 33.5 Å². The van der Waals surface area contributed by atoms with Crippen molar-refractivity contribution in [1.29, 1.82) is 0 Å². The van der Waals surface area contributed by atoms with Crippen molar-refractivity contribution in [2.75, 3.05) is 33.5 Å². The standard InChI is InChI=1S/C22H24N2O4/c1-26-9-8-23-22(25)13-17(18-14-24-19-5-3-2-4-16(18)19)15-6-7-20-21(12-15)28-11-10-27-20/h2-7,12,14,17,24H,8-11,13H2,1H3,(H,23,25). The molecule has 1 aromatic heterocycles. The normalized spacial score (nSPS) is 14.0. The maximum Gasteiger partial charge on any atom is 0.221 e. The Hall–Kier alpha value is -2.99. The van der Waals surface area contributed by atoms with Crippen molar-refractivity contribution in [2.45, 2.75) is 12.3 Å². The smallest absolute Gasteiger partial charge is 0.221 e. The molecule has 0 saturated heterocycles. The van der Waals surface area contributed by atoms with Gasteiger partial charge in [-0.25, -0.2) is 0 Å². The number of aromatic amines is 1. The zero-order valence-corrected chi connectivity index (χ0v) is 15.9. The van der Waals surface area contributed by atoms with Gasteiger partial charge in [-0.05, 0) is 29.3 Å². The highest BCUT2D eigenvalue weighted by Crippen LogP contribution is 2.38. The van der Waals surface area contributed by atoms with Crippen molar-refractivity contribution >= 4 is 16.8 Å². The van der Waals surface area contributed by atoms with Gasteiger partial charge in [-0.2, -0.15) is 0 Å². The Kier molecular flexibility index (Phi) is 5.48. The molecular formula is C22H24N2O4. The van der Waals surface area contributed by atoms with Gasteiger partial charge >= 0.3 is 0 Å². The first-order valence-corrected chi connectivity index (χ1v) is 9.47. The van der Waals surface area contributed by atoms with Crippen molar-refractivity contribution in [3.63, 3.8) is 0 Å². The summed E-state index contributed by atoms with van der Waals surface area (Å²) in [6.45, 7) is 2.08. The fourth-order valence-corrected chi connectivity index (χ4v) is 3.62. The SMILES string of the molecule is COCCNC(=O)CC(c1ccc2c(c1)OCCO2)c1c[nH]c2ccccc12. The second-order valence-electron chi connectivity index (χ2n) is 6.79. The molecule has 6 nitrogen and oxygen atoms in total. The van der Waals surface area contributed by atoms with Crippen molar-refractivity contribution < 1.29 is 19.0 Å². The Labute approximate surface area is 163 Å². The first-order valence-electron chi connectivity index (χ1n) is 9.47. The lowest BCUT2D eigenvalue weighted by Crippen LogP contribution is -2.28. The van der Waals surface area contributed by atoms with Gasteiger partial charge < -0.3 is 24.5 Å². The van der Waals surface area contributed by atoms with E-state index in [1.165, 1.54) is 0 Å². The third-order valence-electron chi connectivity index (χ3n) is 4.98. The first kappa shape index (κ1) is 18.4. The van der Waals surface area contributed by atoms with Crippen molar-refractivity contribution in [3.05, 3.63) is 59.8 Å². The number of H-pyrrole nitrogens is 1. The second kappa shape index (κ2) is 8.35. The maximum absolute atomic E-state index is 12.6. The summed E-state index contributed by atoms with van der Waals surface area (Å²) in [7, 11) is 1.62. The maximum atomic E-state index is 12.6. The number of rotatable bonds is 7. The average Bonchev–Trinajstić information content (AvgIpc) is 3.16. The molecule has 4 rings (SSSR count). The average molecular weight is 380 g/mol.